The van der Waals surface area contributed by atoms with Gasteiger partial charge in [-0.15, -0.1) is 0 Å². The summed E-state index contributed by atoms with van der Waals surface area (Å²) >= 11 is 3.35. The van der Waals surface area contributed by atoms with Gasteiger partial charge in [-0.3, -0.25) is 14.5 Å². The van der Waals surface area contributed by atoms with Crippen LogP contribution in [0.1, 0.15) is 42.3 Å². The molecule has 0 atom stereocenters. The Bertz CT molecular complexity index is 1140. The first kappa shape index (κ1) is 21.2. The number of ketones is 1. The predicted molar refractivity (Wildman–Crippen MR) is 118 cm³/mol. The molecule has 29 heavy (non-hydrogen) atoms. The van der Waals surface area contributed by atoms with Gasteiger partial charge in [0.25, 0.3) is 10.0 Å². The van der Waals surface area contributed by atoms with Gasteiger partial charge in [-0.05, 0) is 53.4 Å². The van der Waals surface area contributed by atoms with Gasteiger partial charge in [0.05, 0.1) is 10.6 Å². The summed E-state index contributed by atoms with van der Waals surface area (Å²) in [6.07, 6.45) is 3.04. The minimum absolute atomic E-state index is 0.0778. The van der Waals surface area contributed by atoms with E-state index in [1.54, 1.807) is 54.6 Å². The van der Waals surface area contributed by atoms with Crippen molar-refractivity contribution in [3.8, 4) is 0 Å². The molecule has 1 aromatic heterocycles. The third-order valence-electron chi connectivity index (χ3n) is 4.44. The molecule has 0 bridgehead atoms. The van der Waals surface area contributed by atoms with E-state index in [0.717, 1.165) is 5.56 Å². The summed E-state index contributed by atoms with van der Waals surface area (Å²) in [5.74, 6) is -0.297. The number of hydrogen-bond donors (Lipinski definition) is 1. The zero-order valence-corrected chi connectivity index (χ0v) is 18.7. The van der Waals surface area contributed by atoms with Crippen LogP contribution in [0.5, 0.6) is 0 Å². The molecule has 2 aromatic carbocycles. The lowest BCUT2D eigenvalue weighted by molar-refractivity contribution is 0.103. The fraction of sp³-hybridized carbons (Fsp3) is 0.182. The zero-order valence-electron chi connectivity index (χ0n) is 16.3. The molecule has 0 aliphatic carbocycles. The molecular weight excluding hydrogens is 452 g/mol. The molecule has 0 unspecified atom stereocenters. The van der Waals surface area contributed by atoms with Crippen LogP contribution in [0, 0.1) is 0 Å². The van der Waals surface area contributed by atoms with E-state index in [2.05, 4.69) is 46.4 Å². The van der Waals surface area contributed by atoms with E-state index in [0.29, 0.717) is 10.0 Å². The van der Waals surface area contributed by atoms with E-state index in [9.17, 15) is 13.2 Å². The number of nitrogens with one attached hydrogen (secondary N) is 1. The lowest BCUT2D eigenvalue weighted by atomic mass is 9.87. The van der Waals surface area contributed by atoms with Crippen LogP contribution in [-0.4, -0.2) is 19.2 Å². The number of sulfonamides is 1. The number of nitrogens with zero attached hydrogens (tertiary/aromatic N) is 1. The Morgan fingerprint density at radius 2 is 1.59 bits per heavy atom. The van der Waals surface area contributed by atoms with Crippen LogP contribution in [0.15, 0.2) is 76.4 Å². The first-order valence-electron chi connectivity index (χ1n) is 8.95. The van der Waals surface area contributed by atoms with Crippen LogP contribution in [0.2, 0.25) is 0 Å². The molecule has 150 valence electrons. The molecule has 0 amide bonds. The molecule has 1 N–H and O–H groups in total. The van der Waals surface area contributed by atoms with Gasteiger partial charge < -0.3 is 0 Å². The van der Waals surface area contributed by atoms with Crippen molar-refractivity contribution >= 4 is 37.4 Å². The second kappa shape index (κ2) is 8.08. The van der Waals surface area contributed by atoms with E-state index < -0.39 is 10.0 Å². The van der Waals surface area contributed by atoms with E-state index in [1.807, 2.05) is 0 Å². The predicted octanol–water partition coefficient (Wildman–Crippen LogP) is 5.17. The van der Waals surface area contributed by atoms with Crippen LogP contribution in [0.3, 0.4) is 0 Å². The average molecular weight is 473 g/mol. The third kappa shape index (κ3) is 4.92. The number of carbonyl (C=O) groups excluding carboxylic acids is 1. The average Bonchev–Trinajstić information content (AvgIpc) is 2.69. The lowest BCUT2D eigenvalue weighted by Gasteiger charge is -2.19. The van der Waals surface area contributed by atoms with Gasteiger partial charge in [0.15, 0.2) is 5.78 Å². The number of pyridine rings is 1. The molecule has 5 nitrogen and oxygen atoms in total. The summed E-state index contributed by atoms with van der Waals surface area (Å²) in [5, 5.41) is 0. The Morgan fingerprint density at radius 1 is 0.966 bits per heavy atom. The van der Waals surface area contributed by atoms with E-state index in [1.165, 1.54) is 12.4 Å². The molecule has 0 saturated carbocycles. The number of hydrogen-bond acceptors (Lipinski definition) is 4. The van der Waals surface area contributed by atoms with Crippen molar-refractivity contribution in [3.63, 3.8) is 0 Å². The summed E-state index contributed by atoms with van der Waals surface area (Å²) < 4.78 is 29.1. The molecule has 0 aliphatic rings. The zero-order chi connectivity index (χ0) is 21.2. The molecule has 0 aliphatic heterocycles. The van der Waals surface area contributed by atoms with Crippen molar-refractivity contribution in [2.45, 2.75) is 31.1 Å². The molecule has 1 heterocycles. The number of carbonyl (C=O) groups is 1. The van der Waals surface area contributed by atoms with Crippen molar-refractivity contribution in [2.24, 2.45) is 0 Å². The first-order chi connectivity index (χ1) is 13.6. The van der Waals surface area contributed by atoms with Gasteiger partial charge >= 0.3 is 0 Å². The van der Waals surface area contributed by atoms with Crippen molar-refractivity contribution in [1.82, 2.24) is 4.98 Å². The summed E-state index contributed by atoms with van der Waals surface area (Å²) in [4.78, 5) is 17.0. The molecule has 3 rings (SSSR count). The van der Waals surface area contributed by atoms with Crippen molar-refractivity contribution in [2.75, 3.05) is 4.72 Å². The standard InChI is InChI=1S/C22H21BrN2O3S/c1-22(2,3)16-4-7-18(8-5-16)29(27,28)25-20-9-6-17(23)14-19(20)21(26)15-10-12-24-13-11-15/h4-14,25H,1-3H3. The topological polar surface area (TPSA) is 76.1 Å². The number of aromatic nitrogens is 1. The highest BCUT2D eigenvalue weighted by molar-refractivity contribution is 9.10. The fourth-order valence-electron chi connectivity index (χ4n) is 2.79. The van der Waals surface area contributed by atoms with Crippen LogP contribution in [0.25, 0.3) is 0 Å². The van der Waals surface area contributed by atoms with Gasteiger partial charge in [0.2, 0.25) is 0 Å². The van der Waals surface area contributed by atoms with E-state index in [-0.39, 0.29) is 27.3 Å². The molecular formula is C22H21BrN2O3S. The SMILES string of the molecule is CC(C)(C)c1ccc(S(=O)(=O)Nc2ccc(Br)cc2C(=O)c2ccncc2)cc1. The van der Waals surface area contributed by atoms with Gasteiger partial charge in [-0.25, -0.2) is 8.42 Å². The number of benzene rings is 2. The molecule has 3 aromatic rings. The highest BCUT2D eigenvalue weighted by Gasteiger charge is 2.21. The minimum atomic E-state index is -3.86. The maximum absolute atomic E-state index is 12.9. The normalized spacial score (nSPS) is 11.9. The Morgan fingerprint density at radius 3 is 2.17 bits per heavy atom. The van der Waals surface area contributed by atoms with Crippen LogP contribution < -0.4 is 4.72 Å². The van der Waals surface area contributed by atoms with Crippen LogP contribution in [0.4, 0.5) is 5.69 Å². The van der Waals surface area contributed by atoms with E-state index >= 15 is 0 Å². The van der Waals surface area contributed by atoms with Gasteiger partial charge in [-0.1, -0.05) is 48.8 Å². The molecule has 0 fully saturated rings. The second-order valence-corrected chi connectivity index (χ2v) is 10.2. The highest BCUT2D eigenvalue weighted by Crippen LogP contribution is 2.28. The van der Waals surface area contributed by atoms with Crippen molar-refractivity contribution in [3.05, 3.63) is 88.2 Å². The highest BCUT2D eigenvalue weighted by atomic mass is 79.9. The summed E-state index contributed by atoms with van der Waals surface area (Å²) in [6, 6.07) is 14.8. The van der Waals surface area contributed by atoms with E-state index in [4.69, 9.17) is 0 Å². The quantitative estimate of drug-likeness (QED) is 0.519. The third-order valence-corrected chi connectivity index (χ3v) is 6.32. The molecule has 0 radical (unpaired) electrons. The maximum atomic E-state index is 12.9. The Kier molecular flexibility index (Phi) is 5.91. The monoisotopic (exact) mass is 472 g/mol. The van der Waals surface area contributed by atoms with Crippen molar-refractivity contribution in [1.29, 1.82) is 0 Å². The van der Waals surface area contributed by atoms with Gasteiger partial charge in [0.1, 0.15) is 0 Å². The molecule has 0 spiro atoms. The summed E-state index contributed by atoms with van der Waals surface area (Å²) in [6.45, 7) is 6.19. The lowest BCUT2D eigenvalue weighted by Crippen LogP contribution is -2.17. The van der Waals surface area contributed by atoms with Crippen LogP contribution in [-0.2, 0) is 15.4 Å². The van der Waals surface area contributed by atoms with Crippen LogP contribution >= 0.6 is 15.9 Å². The Balaban J connectivity index is 1.96. The largest absolute Gasteiger partial charge is 0.289 e. The van der Waals surface area contributed by atoms with Crippen molar-refractivity contribution < 1.29 is 13.2 Å². The fourth-order valence-corrected chi connectivity index (χ4v) is 4.23. The number of halogens is 1. The van der Waals surface area contributed by atoms with Gasteiger partial charge in [-0.2, -0.15) is 0 Å². The first-order valence-corrected chi connectivity index (χ1v) is 11.2. The van der Waals surface area contributed by atoms with Gasteiger partial charge in [0, 0.05) is 28.0 Å². The number of anilines is 1. The smallest absolute Gasteiger partial charge is 0.261 e. The maximum Gasteiger partial charge on any atom is 0.261 e. The summed E-state index contributed by atoms with van der Waals surface area (Å²) in [5.41, 5.74) is 1.85. The Hall–Kier alpha value is -2.51. The number of rotatable bonds is 5. The Labute approximate surface area is 179 Å². The minimum Gasteiger partial charge on any atom is -0.289 e. The summed E-state index contributed by atoms with van der Waals surface area (Å²) in [7, 11) is -3.86. The molecule has 7 heteroatoms. The second-order valence-electron chi connectivity index (χ2n) is 7.63. The molecule has 0 saturated heterocycles.